The van der Waals surface area contributed by atoms with Crippen molar-refractivity contribution in [2.24, 2.45) is 0 Å². The third-order valence-electron chi connectivity index (χ3n) is 5.07. The molecule has 0 fully saturated rings. The molecule has 3 rings (SSSR count). The van der Waals surface area contributed by atoms with Gasteiger partial charge >= 0.3 is 0 Å². The minimum atomic E-state index is -1.83. The van der Waals surface area contributed by atoms with Crippen LogP contribution in [0.3, 0.4) is 0 Å². The van der Waals surface area contributed by atoms with E-state index in [0.29, 0.717) is 11.1 Å². The summed E-state index contributed by atoms with van der Waals surface area (Å²) in [4.78, 5) is 13.3. The van der Waals surface area contributed by atoms with Crippen molar-refractivity contribution in [2.45, 2.75) is 32.8 Å². The lowest BCUT2D eigenvalue weighted by Crippen LogP contribution is -2.50. The van der Waals surface area contributed by atoms with Gasteiger partial charge in [0.05, 0.1) is 5.70 Å². The van der Waals surface area contributed by atoms with Crippen LogP contribution in [0.4, 0.5) is 0 Å². The summed E-state index contributed by atoms with van der Waals surface area (Å²) in [5.74, 6) is -0.548. The molecule has 0 bridgehead atoms. The van der Waals surface area contributed by atoms with Gasteiger partial charge in [-0.15, -0.1) is 0 Å². The Balaban J connectivity index is 1.93. The molecule has 0 aromatic heterocycles. The number of aliphatic hydroxyl groups is 1. The molecule has 4 nitrogen and oxygen atoms in total. The Bertz CT molecular complexity index is 962. The minimum absolute atomic E-state index is 0.511. The van der Waals surface area contributed by atoms with Crippen molar-refractivity contribution in [3.05, 3.63) is 113 Å². The summed E-state index contributed by atoms with van der Waals surface area (Å²) < 4.78 is 0. The number of amides is 1. The number of hydrazine groups is 1. The lowest BCUT2D eigenvalue weighted by molar-refractivity contribution is -0.137. The smallest absolute Gasteiger partial charge is 0.279 e. The summed E-state index contributed by atoms with van der Waals surface area (Å²) in [7, 11) is 0. The molecule has 0 saturated heterocycles. The molecule has 3 N–H and O–H groups in total. The van der Waals surface area contributed by atoms with Crippen LogP contribution in [0.5, 0.6) is 0 Å². The number of hydrogen-bond acceptors (Lipinski definition) is 3. The summed E-state index contributed by atoms with van der Waals surface area (Å²) in [6.45, 7) is 5.97. The van der Waals surface area contributed by atoms with Crippen LogP contribution in [0.2, 0.25) is 0 Å². The van der Waals surface area contributed by atoms with E-state index >= 15 is 0 Å². The van der Waals surface area contributed by atoms with Crippen LogP contribution in [0, 0.1) is 13.8 Å². The van der Waals surface area contributed by atoms with Gasteiger partial charge in [0, 0.05) is 0 Å². The van der Waals surface area contributed by atoms with E-state index in [1.807, 2.05) is 81.4 Å². The van der Waals surface area contributed by atoms with E-state index in [0.717, 1.165) is 28.8 Å². The molecule has 3 aromatic rings. The number of hydrogen-bond donors (Lipinski definition) is 3. The number of carbonyl (C=O) groups is 1. The van der Waals surface area contributed by atoms with E-state index in [-0.39, 0.29) is 0 Å². The van der Waals surface area contributed by atoms with Crippen molar-refractivity contribution in [1.29, 1.82) is 0 Å². The average Bonchev–Trinajstić information content (AvgIpc) is 2.77. The third kappa shape index (κ3) is 4.61. The van der Waals surface area contributed by atoms with E-state index in [1.54, 1.807) is 24.3 Å². The van der Waals surface area contributed by atoms with Crippen LogP contribution >= 0.6 is 0 Å². The summed E-state index contributed by atoms with van der Waals surface area (Å²) in [6.07, 6.45) is 2.79. The lowest BCUT2D eigenvalue weighted by atomic mass is 9.85. The Morgan fingerprint density at radius 2 is 1.33 bits per heavy atom. The van der Waals surface area contributed by atoms with Gasteiger partial charge in [0.2, 0.25) is 0 Å². The fraction of sp³-hybridized carbons (Fsp3) is 0.192. The van der Waals surface area contributed by atoms with Crippen molar-refractivity contribution in [2.75, 3.05) is 0 Å². The standard InChI is InChI=1S/C26H28N2O2/c1-4-8-24(21-9-6-5-7-10-21)27-28-25(29)26(30,22-15-11-19(2)12-16-22)23-17-13-20(3)14-18-23/h5-18,27,30H,4H2,1-3H3,(H,28,29)/b24-8-. The molecule has 0 unspecified atom stereocenters. The maximum Gasteiger partial charge on any atom is 0.279 e. The SMILES string of the molecule is CC/C=C(\NNC(=O)C(O)(c1ccc(C)cc1)c1ccc(C)cc1)c1ccccc1. The van der Waals surface area contributed by atoms with Gasteiger partial charge in [-0.2, -0.15) is 0 Å². The molecule has 0 heterocycles. The largest absolute Gasteiger partial charge is 0.372 e. The second kappa shape index (κ2) is 9.42. The zero-order chi connectivity index (χ0) is 21.6. The summed E-state index contributed by atoms with van der Waals surface area (Å²) >= 11 is 0. The fourth-order valence-corrected chi connectivity index (χ4v) is 3.30. The van der Waals surface area contributed by atoms with Gasteiger partial charge in [-0.3, -0.25) is 15.6 Å². The first-order chi connectivity index (χ1) is 14.4. The Kier molecular flexibility index (Phi) is 6.70. The molecule has 0 spiro atoms. The van der Waals surface area contributed by atoms with Gasteiger partial charge in [0.25, 0.3) is 5.91 Å². The van der Waals surface area contributed by atoms with Crippen LogP contribution in [-0.4, -0.2) is 11.0 Å². The second-order valence-corrected chi connectivity index (χ2v) is 7.41. The van der Waals surface area contributed by atoms with Gasteiger partial charge in [-0.1, -0.05) is 103 Å². The molecule has 0 aliphatic carbocycles. The number of allylic oxidation sites excluding steroid dienone is 1. The van der Waals surface area contributed by atoms with Crippen LogP contribution in [0.15, 0.2) is 84.9 Å². The molecule has 4 heteroatoms. The number of benzene rings is 3. The first-order valence-electron chi connectivity index (χ1n) is 10.1. The predicted octanol–water partition coefficient (Wildman–Crippen LogP) is 4.61. The second-order valence-electron chi connectivity index (χ2n) is 7.41. The number of nitrogens with one attached hydrogen (secondary N) is 2. The first kappa shape index (κ1) is 21.3. The molecule has 30 heavy (non-hydrogen) atoms. The van der Waals surface area contributed by atoms with Crippen LogP contribution in [0.25, 0.3) is 5.70 Å². The Morgan fingerprint density at radius 1 is 0.833 bits per heavy atom. The van der Waals surface area contributed by atoms with Crippen molar-refractivity contribution in [3.63, 3.8) is 0 Å². The van der Waals surface area contributed by atoms with Crippen LogP contribution in [-0.2, 0) is 10.4 Å². The minimum Gasteiger partial charge on any atom is -0.372 e. The quantitative estimate of drug-likeness (QED) is 0.508. The van der Waals surface area contributed by atoms with Gasteiger partial charge in [-0.25, -0.2) is 0 Å². The first-order valence-corrected chi connectivity index (χ1v) is 10.1. The van der Waals surface area contributed by atoms with E-state index in [2.05, 4.69) is 10.9 Å². The summed E-state index contributed by atoms with van der Waals surface area (Å²) in [5.41, 5.74) is 8.77. The molecule has 0 aliphatic rings. The molecular weight excluding hydrogens is 372 g/mol. The van der Waals surface area contributed by atoms with E-state index < -0.39 is 11.5 Å². The maximum absolute atomic E-state index is 13.3. The van der Waals surface area contributed by atoms with E-state index in [9.17, 15) is 9.90 Å². The van der Waals surface area contributed by atoms with Gasteiger partial charge in [-0.05, 0) is 37.0 Å². The third-order valence-corrected chi connectivity index (χ3v) is 5.07. The highest BCUT2D eigenvalue weighted by atomic mass is 16.3. The predicted molar refractivity (Wildman–Crippen MR) is 121 cm³/mol. The number of carbonyl (C=O) groups excluding carboxylic acids is 1. The fourth-order valence-electron chi connectivity index (χ4n) is 3.30. The van der Waals surface area contributed by atoms with E-state index in [4.69, 9.17) is 0 Å². The van der Waals surface area contributed by atoms with Gasteiger partial charge in [0.15, 0.2) is 5.60 Å². The molecule has 0 aliphatic heterocycles. The van der Waals surface area contributed by atoms with Crippen LogP contribution < -0.4 is 10.9 Å². The van der Waals surface area contributed by atoms with E-state index in [1.165, 1.54) is 0 Å². The normalized spacial score (nSPS) is 11.8. The van der Waals surface area contributed by atoms with Gasteiger partial charge < -0.3 is 5.11 Å². The highest BCUT2D eigenvalue weighted by Crippen LogP contribution is 2.30. The molecule has 0 radical (unpaired) electrons. The number of rotatable bonds is 7. The molecule has 1 amide bonds. The maximum atomic E-state index is 13.3. The van der Waals surface area contributed by atoms with Crippen molar-refractivity contribution < 1.29 is 9.90 Å². The van der Waals surface area contributed by atoms with Crippen LogP contribution in [0.1, 0.15) is 41.2 Å². The molecule has 154 valence electrons. The Labute approximate surface area is 178 Å². The zero-order valence-electron chi connectivity index (χ0n) is 17.6. The Morgan fingerprint density at radius 3 is 1.80 bits per heavy atom. The topological polar surface area (TPSA) is 61.4 Å². The summed E-state index contributed by atoms with van der Waals surface area (Å²) in [5, 5.41) is 11.6. The lowest BCUT2D eigenvalue weighted by Gasteiger charge is -2.29. The van der Waals surface area contributed by atoms with Gasteiger partial charge in [0.1, 0.15) is 0 Å². The average molecular weight is 401 g/mol. The molecule has 0 saturated carbocycles. The highest BCUT2D eigenvalue weighted by Gasteiger charge is 2.40. The summed E-state index contributed by atoms with van der Waals surface area (Å²) in [6, 6.07) is 24.5. The van der Waals surface area contributed by atoms with Crippen molar-refractivity contribution in [1.82, 2.24) is 10.9 Å². The Hall–Kier alpha value is -3.37. The van der Waals surface area contributed by atoms with Crippen molar-refractivity contribution >= 4 is 11.6 Å². The zero-order valence-corrected chi connectivity index (χ0v) is 17.6. The molecule has 3 aromatic carbocycles. The van der Waals surface area contributed by atoms with Crippen molar-refractivity contribution in [3.8, 4) is 0 Å². The molecular formula is C26H28N2O2. The number of aryl methyl sites for hydroxylation is 2. The molecule has 0 atom stereocenters. The highest BCUT2D eigenvalue weighted by molar-refractivity contribution is 5.90. The monoisotopic (exact) mass is 400 g/mol.